The number of para-hydroxylation sites is 4. The number of pyridine rings is 2. The Labute approximate surface area is 371 Å². The van der Waals surface area contributed by atoms with E-state index in [0.717, 1.165) is 72.5 Å². The van der Waals surface area contributed by atoms with Gasteiger partial charge in [-0.25, -0.2) is 0 Å². The number of anilines is 4. The van der Waals surface area contributed by atoms with E-state index in [1.807, 2.05) is 24.5 Å². The van der Waals surface area contributed by atoms with E-state index in [0.29, 0.717) is 0 Å². The minimum Gasteiger partial charge on any atom is -0.664 e. The number of fused-ring (bicyclic) bond motifs is 4. The molecule has 4 heterocycles. The van der Waals surface area contributed by atoms with Crippen molar-refractivity contribution >= 4 is 50.2 Å². The van der Waals surface area contributed by atoms with Gasteiger partial charge in [-0.15, -0.1) is 24.5 Å². The SMILES string of the molecule is Cc1ccc([N-]C(n2c3[c-][n+](O[n+]4[c-]c(N5[CH-]N(c6c(-c7ccccc7)cccc6-c6ccccc6)c6ccccc65)ccc4)ccc3c3ccccc32)C(C)(C)C)cc1.[Pt+4]. The molecule has 8 heteroatoms. The van der Waals surface area contributed by atoms with Crippen molar-refractivity contribution in [3.05, 3.63) is 212 Å². The van der Waals surface area contributed by atoms with Crippen molar-refractivity contribution in [1.82, 2.24) is 4.57 Å². The van der Waals surface area contributed by atoms with Gasteiger partial charge in [0.05, 0.1) is 0 Å². The van der Waals surface area contributed by atoms with Crippen LogP contribution >= 0.6 is 0 Å². The summed E-state index contributed by atoms with van der Waals surface area (Å²) in [5.41, 5.74) is 12.5. The largest absolute Gasteiger partial charge is 4.00 e. The number of hydrogen-bond donors (Lipinski definition) is 0. The Morgan fingerprint density at radius 2 is 1.20 bits per heavy atom. The molecule has 9 aromatic rings. The van der Waals surface area contributed by atoms with Gasteiger partial charge in [0.15, 0.2) is 6.20 Å². The first-order valence-corrected chi connectivity index (χ1v) is 20.3. The Hall–Kier alpha value is -6.69. The van der Waals surface area contributed by atoms with Gasteiger partial charge in [-0.2, -0.15) is 0 Å². The maximum Gasteiger partial charge on any atom is 4.00 e. The molecule has 7 nitrogen and oxygen atoms in total. The summed E-state index contributed by atoms with van der Waals surface area (Å²) in [6, 6.07) is 59.3. The van der Waals surface area contributed by atoms with E-state index in [-0.39, 0.29) is 32.6 Å². The number of rotatable bonds is 9. The molecule has 61 heavy (non-hydrogen) atoms. The Morgan fingerprint density at radius 1 is 0.590 bits per heavy atom. The van der Waals surface area contributed by atoms with E-state index in [9.17, 15) is 0 Å². The molecule has 300 valence electrons. The standard InChI is InChI=1S/C53H44N6O.Pt/c1-38-28-30-41(31-29-38)54-52(53(2,3)4)59-47-25-12-11-22-45(47)46-32-34-56(36-50(46)59)60-55-33-16-21-42(35-55)57-37-58(49-27-14-13-26-48(49)57)51-43(39-17-7-5-8-18-39)23-15-24-44(51)40-19-9-6-10-20-40;/h5-34,37,52H,1-4H3;/q-2;+4. The van der Waals surface area contributed by atoms with Gasteiger partial charge in [0.1, 0.15) is 12.4 Å². The summed E-state index contributed by atoms with van der Waals surface area (Å²) >= 11 is 0. The molecule has 0 amide bonds. The van der Waals surface area contributed by atoms with Gasteiger partial charge >= 0.3 is 21.1 Å². The summed E-state index contributed by atoms with van der Waals surface area (Å²) in [5, 5.41) is 7.56. The predicted octanol–water partition coefficient (Wildman–Crippen LogP) is 12.2. The average Bonchev–Trinajstić information content (AvgIpc) is 3.82. The van der Waals surface area contributed by atoms with E-state index >= 15 is 0 Å². The van der Waals surface area contributed by atoms with Crippen LogP contribution in [0, 0.1) is 31.4 Å². The van der Waals surface area contributed by atoms with Crippen molar-refractivity contribution in [1.29, 1.82) is 0 Å². The van der Waals surface area contributed by atoms with Crippen LogP contribution in [0.4, 0.5) is 28.4 Å². The van der Waals surface area contributed by atoms with E-state index in [2.05, 4.69) is 219 Å². The molecule has 6 aromatic carbocycles. The summed E-state index contributed by atoms with van der Waals surface area (Å²) < 4.78 is 5.53. The normalized spacial score (nSPS) is 12.9. The number of nitrogens with zero attached hydrogens (tertiary/aromatic N) is 6. The van der Waals surface area contributed by atoms with Crippen molar-refractivity contribution in [2.24, 2.45) is 5.41 Å². The first-order valence-electron chi connectivity index (χ1n) is 20.3. The molecule has 0 saturated heterocycles. The number of benzene rings is 6. The molecule has 1 atom stereocenters. The summed E-state index contributed by atoms with van der Waals surface area (Å²) in [6.45, 7) is 11.0. The van der Waals surface area contributed by atoms with Crippen molar-refractivity contribution in [3.8, 4) is 22.3 Å². The van der Waals surface area contributed by atoms with Gasteiger partial charge in [-0.1, -0.05) is 171 Å². The topological polar surface area (TPSA) is 42.5 Å². The van der Waals surface area contributed by atoms with Crippen LogP contribution in [0.25, 0.3) is 49.4 Å². The Balaban J connectivity index is 0.00000476. The van der Waals surface area contributed by atoms with Crippen LogP contribution in [0.3, 0.4) is 0 Å². The summed E-state index contributed by atoms with van der Waals surface area (Å²) in [7, 11) is 0. The molecule has 0 aliphatic carbocycles. The smallest absolute Gasteiger partial charge is 0.664 e. The molecule has 0 fully saturated rings. The van der Waals surface area contributed by atoms with Crippen molar-refractivity contribution in [2.45, 2.75) is 33.9 Å². The van der Waals surface area contributed by atoms with Crippen LogP contribution in [-0.4, -0.2) is 4.57 Å². The molecule has 0 saturated carbocycles. The van der Waals surface area contributed by atoms with Gasteiger partial charge in [-0.3, -0.25) is 0 Å². The van der Waals surface area contributed by atoms with Crippen LogP contribution in [0.1, 0.15) is 32.5 Å². The Kier molecular flexibility index (Phi) is 10.7. The summed E-state index contributed by atoms with van der Waals surface area (Å²) in [5.74, 6) is 0. The second kappa shape index (κ2) is 16.4. The van der Waals surface area contributed by atoms with Crippen LogP contribution in [-0.2, 0) is 21.1 Å². The van der Waals surface area contributed by atoms with Gasteiger partial charge in [0.25, 0.3) is 0 Å². The molecule has 10 rings (SSSR count). The molecule has 0 radical (unpaired) electrons. The molecule has 0 bridgehead atoms. The molecule has 1 aliphatic rings. The van der Waals surface area contributed by atoms with Crippen LogP contribution in [0.2, 0.25) is 0 Å². The molecule has 3 aromatic heterocycles. The molecule has 1 aliphatic heterocycles. The minimum absolute atomic E-state index is 0. The van der Waals surface area contributed by atoms with Crippen molar-refractivity contribution in [3.63, 3.8) is 0 Å². The first kappa shape index (κ1) is 39.8. The van der Waals surface area contributed by atoms with Gasteiger partial charge in [0, 0.05) is 39.2 Å². The fourth-order valence-corrected chi connectivity index (χ4v) is 8.23. The van der Waals surface area contributed by atoms with Crippen LogP contribution < -0.4 is 24.2 Å². The monoisotopic (exact) mass is 975 g/mol. The van der Waals surface area contributed by atoms with Crippen LogP contribution in [0.5, 0.6) is 0 Å². The number of aryl methyl sites for hydroxylation is 1. The van der Waals surface area contributed by atoms with Gasteiger partial charge in [0.2, 0.25) is 6.20 Å². The number of hydrogen-bond acceptors (Lipinski definition) is 3. The molecular formula is C53H44N6OPt+2. The second-order valence-electron chi connectivity index (χ2n) is 16.3. The van der Waals surface area contributed by atoms with Gasteiger partial charge < -0.3 is 19.7 Å². The third kappa shape index (κ3) is 7.55. The van der Waals surface area contributed by atoms with E-state index in [4.69, 9.17) is 10.3 Å². The maximum atomic E-state index is 6.51. The molecule has 0 spiro atoms. The fourth-order valence-electron chi connectivity index (χ4n) is 8.23. The van der Waals surface area contributed by atoms with Crippen LogP contribution in [0.15, 0.2) is 182 Å². The Bertz CT molecular complexity index is 2920. The quantitative estimate of drug-likeness (QED) is 0.107. The molecule has 0 N–H and O–H groups in total. The van der Waals surface area contributed by atoms with Crippen molar-refractivity contribution in [2.75, 3.05) is 9.80 Å². The molecule has 1 unspecified atom stereocenters. The average molecular weight is 976 g/mol. The minimum atomic E-state index is -0.222. The zero-order chi connectivity index (χ0) is 40.8. The third-order valence-corrected chi connectivity index (χ3v) is 11.1. The maximum absolute atomic E-state index is 6.51. The predicted molar refractivity (Wildman–Crippen MR) is 241 cm³/mol. The van der Waals surface area contributed by atoms with E-state index < -0.39 is 0 Å². The van der Waals surface area contributed by atoms with E-state index in [1.165, 1.54) is 5.56 Å². The Morgan fingerprint density at radius 3 is 1.87 bits per heavy atom. The zero-order valence-electron chi connectivity index (χ0n) is 34.4. The summed E-state index contributed by atoms with van der Waals surface area (Å²) in [4.78, 5) is 11.0. The number of aromatic nitrogens is 3. The van der Waals surface area contributed by atoms with Gasteiger partial charge in [-0.05, 0) is 73.3 Å². The van der Waals surface area contributed by atoms with Crippen molar-refractivity contribution < 1.29 is 35.5 Å². The first-order chi connectivity index (χ1) is 29.3. The van der Waals surface area contributed by atoms with E-state index in [1.54, 1.807) is 9.46 Å². The second-order valence-corrected chi connectivity index (χ2v) is 16.3. The third-order valence-electron chi connectivity index (χ3n) is 11.1. The fraction of sp³-hybridized carbons (Fsp3) is 0.113. The zero-order valence-corrected chi connectivity index (χ0v) is 36.7. The molecular weight excluding hydrogens is 932 g/mol. The summed E-state index contributed by atoms with van der Waals surface area (Å²) in [6.07, 6.45) is 10.6.